The zero-order chi connectivity index (χ0) is 25.8. The normalized spacial score (nSPS) is 16.1. The molecule has 10 nitrogen and oxygen atoms in total. The smallest absolute Gasteiger partial charge is 0.308 e. The maximum atomic E-state index is 13.7. The van der Waals surface area contributed by atoms with Gasteiger partial charge in [0, 0.05) is 39.2 Å². The number of anilines is 1. The highest BCUT2D eigenvalue weighted by Gasteiger charge is 2.42. The van der Waals surface area contributed by atoms with Crippen molar-refractivity contribution in [3.05, 3.63) is 51.6 Å². The molecule has 0 heterocycles. The van der Waals surface area contributed by atoms with Gasteiger partial charge in [0.05, 0.1) is 11.1 Å². The van der Waals surface area contributed by atoms with Gasteiger partial charge in [-0.2, -0.15) is 0 Å². The molecule has 0 saturated carbocycles. The molecule has 2 aliphatic rings. The number of aliphatic hydroxyl groups is 1. The molecule has 4 rings (SSSR count). The lowest BCUT2D eigenvalue weighted by Crippen LogP contribution is -2.32. The number of ether oxygens (including phenoxy) is 1. The quantitative estimate of drug-likeness (QED) is 0.383. The Bertz CT molecular complexity index is 1360. The van der Waals surface area contributed by atoms with E-state index < -0.39 is 52.3 Å². The molecule has 0 aromatic heterocycles. The largest absolute Gasteiger partial charge is 0.507 e. The van der Waals surface area contributed by atoms with E-state index in [0.717, 1.165) is 12.6 Å². The zero-order valence-electron chi connectivity index (χ0n) is 19.6. The maximum absolute atomic E-state index is 13.7. The predicted octanol–water partition coefficient (Wildman–Crippen LogP) is 2.25. The van der Waals surface area contributed by atoms with E-state index >= 15 is 0 Å². The van der Waals surface area contributed by atoms with Crippen LogP contribution in [0.25, 0.3) is 5.76 Å². The zero-order valence-corrected chi connectivity index (χ0v) is 19.6. The fourth-order valence-corrected chi connectivity index (χ4v) is 4.85. The number of hydrogen-bond acceptors (Lipinski definition) is 9. The van der Waals surface area contributed by atoms with Gasteiger partial charge < -0.3 is 25.0 Å². The van der Waals surface area contributed by atoms with Gasteiger partial charge in [-0.1, -0.05) is 0 Å². The minimum Gasteiger partial charge on any atom is -0.507 e. The summed E-state index contributed by atoms with van der Waals surface area (Å²) < 4.78 is 5.28. The summed E-state index contributed by atoms with van der Waals surface area (Å²) in [7, 11) is 3.63. The molecule has 0 aliphatic heterocycles. The number of hydrogen-bond donors (Lipinski definition) is 4. The molecular formula is C25H24N2O8. The third-order valence-corrected chi connectivity index (χ3v) is 6.15. The summed E-state index contributed by atoms with van der Waals surface area (Å²) in [6.07, 6.45) is 0.497. The first-order valence-corrected chi connectivity index (χ1v) is 10.8. The standard InChI is InChI=1S/C25H24N2O8/c1-10(28)26-25(34)21-16(30)9-13-7-12-8-14-15(27(3)4)5-6-17(35-11(2)29)20(14)23(32)18(12)22(31)19(13)24(21)33/h5-6,9,12,30-31,33H,7-8H2,1-4H3,(H,26,28,34). The fourth-order valence-electron chi connectivity index (χ4n) is 4.85. The van der Waals surface area contributed by atoms with Gasteiger partial charge in [-0.15, -0.1) is 0 Å². The Hall–Kier alpha value is -4.34. The Morgan fingerprint density at radius 2 is 1.74 bits per heavy atom. The summed E-state index contributed by atoms with van der Waals surface area (Å²) >= 11 is 0. The number of carbonyl (C=O) groups is 4. The lowest BCUT2D eigenvalue weighted by atomic mass is 9.70. The molecule has 0 radical (unpaired) electrons. The van der Waals surface area contributed by atoms with Gasteiger partial charge in [0.2, 0.25) is 5.91 Å². The summed E-state index contributed by atoms with van der Waals surface area (Å²) in [4.78, 5) is 50.9. The molecule has 4 N–H and O–H groups in total. The number of phenols is 2. The van der Waals surface area contributed by atoms with E-state index in [0.29, 0.717) is 17.5 Å². The van der Waals surface area contributed by atoms with Crippen LogP contribution in [0.15, 0.2) is 23.8 Å². The van der Waals surface area contributed by atoms with Crippen LogP contribution in [-0.4, -0.2) is 53.0 Å². The number of carbonyl (C=O) groups excluding carboxylic acids is 4. The Labute approximate surface area is 200 Å². The summed E-state index contributed by atoms with van der Waals surface area (Å²) in [5.74, 6) is -5.22. The third-order valence-electron chi connectivity index (χ3n) is 6.15. The Morgan fingerprint density at radius 3 is 2.34 bits per heavy atom. The lowest BCUT2D eigenvalue weighted by Gasteiger charge is -2.34. The van der Waals surface area contributed by atoms with Gasteiger partial charge in [-0.3, -0.25) is 24.5 Å². The van der Waals surface area contributed by atoms with Crippen LogP contribution in [0.4, 0.5) is 5.69 Å². The molecule has 35 heavy (non-hydrogen) atoms. The van der Waals surface area contributed by atoms with Crippen molar-refractivity contribution in [2.75, 3.05) is 19.0 Å². The molecule has 0 bridgehead atoms. The Balaban J connectivity index is 1.93. The average molecular weight is 480 g/mol. The number of phenolic OH excluding ortho intramolecular Hbond substituents is 2. The number of allylic oxidation sites excluding steroid dienone is 1. The molecular weight excluding hydrogens is 456 g/mol. The Morgan fingerprint density at radius 1 is 1.06 bits per heavy atom. The summed E-state index contributed by atoms with van der Waals surface area (Å²) in [6, 6.07) is 4.49. The van der Waals surface area contributed by atoms with Crippen molar-refractivity contribution in [3.63, 3.8) is 0 Å². The monoisotopic (exact) mass is 480 g/mol. The van der Waals surface area contributed by atoms with Gasteiger partial charge in [-0.05, 0) is 48.1 Å². The average Bonchev–Trinajstić information content (AvgIpc) is 2.71. The number of nitrogens with one attached hydrogen (secondary N) is 1. The summed E-state index contributed by atoms with van der Waals surface area (Å²) in [5, 5.41) is 34.4. The van der Waals surface area contributed by atoms with Gasteiger partial charge in [0.15, 0.2) is 5.78 Å². The van der Waals surface area contributed by atoms with E-state index in [-0.39, 0.29) is 28.9 Å². The van der Waals surface area contributed by atoms with Gasteiger partial charge in [-0.25, -0.2) is 0 Å². The highest BCUT2D eigenvalue weighted by molar-refractivity contribution is 6.18. The second kappa shape index (κ2) is 8.46. The molecule has 2 aromatic rings. The van der Waals surface area contributed by atoms with Gasteiger partial charge in [0.1, 0.15) is 28.6 Å². The number of esters is 1. The SMILES string of the molecule is CC(=O)NC(=O)c1c(O)cc2c(c1O)C(O)=C1C(=O)c3c(OC(C)=O)ccc(N(C)C)c3CC1C2. The number of Topliss-reactive ketones (excluding diaryl/α,β-unsaturated/α-hetero) is 1. The van der Waals surface area contributed by atoms with Gasteiger partial charge in [0.25, 0.3) is 5.91 Å². The van der Waals surface area contributed by atoms with Crippen molar-refractivity contribution >= 4 is 35.0 Å². The van der Waals surface area contributed by atoms with Crippen LogP contribution in [-0.2, 0) is 22.4 Å². The highest BCUT2D eigenvalue weighted by atomic mass is 16.5. The first-order valence-electron chi connectivity index (χ1n) is 10.8. The van der Waals surface area contributed by atoms with Crippen LogP contribution in [0.2, 0.25) is 0 Å². The molecule has 182 valence electrons. The molecule has 2 amide bonds. The maximum Gasteiger partial charge on any atom is 0.308 e. The Kier molecular flexibility index (Phi) is 5.75. The molecule has 10 heteroatoms. The molecule has 1 unspecified atom stereocenters. The van der Waals surface area contributed by atoms with Crippen LogP contribution < -0.4 is 15.0 Å². The number of rotatable bonds is 3. The minimum atomic E-state index is -1.05. The number of aliphatic hydroxyl groups excluding tert-OH is 1. The van der Waals surface area contributed by atoms with E-state index in [1.807, 2.05) is 24.3 Å². The van der Waals surface area contributed by atoms with E-state index in [4.69, 9.17) is 4.74 Å². The molecule has 0 spiro atoms. The molecule has 2 aromatic carbocycles. The topological polar surface area (TPSA) is 153 Å². The van der Waals surface area contributed by atoms with E-state index in [9.17, 15) is 34.5 Å². The van der Waals surface area contributed by atoms with E-state index in [1.54, 1.807) is 6.07 Å². The predicted molar refractivity (Wildman–Crippen MR) is 125 cm³/mol. The van der Waals surface area contributed by atoms with E-state index in [1.165, 1.54) is 19.1 Å². The number of benzene rings is 2. The van der Waals surface area contributed by atoms with Gasteiger partial charge >= 0.3 is 5.97 Å². The molecule has 0 fully saturated rings. The van der Waals surface area contributed by atoms with Crippen molar-refractivity contribution in [2.45, 2.75) is 26.7 Å². The number of fused-ring (bicyclic) bond motifs is 3. The van der Waals surface area contributed by atoms with Crippen molar-refractivity contribution in [1.29, 1.82) is 0 Å². The highest BCUT2D eigenvalue weighted by Crippen LogP contribution is 2.49. The third kappa shape index (κ3) is 3.86. The number of ketones is 1. The second-order valence-corrected chi connectivity index (χ2v) is 8.78. The summed E-state index contributed by atoms with van der Waals surface area (Å²) in [6.45, 7) is 2.31. The van der Waals surface area contributed by atoms with Crippen molar-refractivity contribution in [1.82, 2.24) is 5.32 Å². The first kappa shape index (κ1) is 23.8. The van der Waals surface area contributed by atoms with Crippen LogP contribution >= 0.6 is 0 Å². The molecule has 2 aliphatic carbocycles. The molecule has 0 saturated heterocycles. The van der Waals surface area contributed by atoms with Crippen LogP contribution in [0.3, 0.4) is 0 Å². The first-order chi connectivity index (χ1) is 16.4. The molecule has 1 atom stereocenters. The van der Waals surface area contributed by atoms with E-state index in [2.05, 4.69) is 0 Å². The lowest BCUT2D eigenvalue weighted by molar-refractivity contribution is -0.131. The minimum absolute atomic E-state index is 0.00761. The second-order valence-electron chi connectivity index (χ2n) is 8.78. The number of imide groups is 1. The van der Waals surface area contributed by atoms with Crippen molar-refractivity contribution in [3.8, 4) is 17.2 Å². The van der Waals surface area contributed by atoms with Crippen LogP contribution in [0, 0.1) is 5.92 Å². The van der Waals surface area contributed by atoms with Crippen molar-refractivity contribution in [2.24, 2.45) is 5.92 Å². The number of nitrogens with zero attached hydrogens (tertiary/aromatic N) is 1. The van der Waals surface area contributed by atoms with Crippen LogP contribution in [0.1, 0.15) is 51.3 Å². The number of aromatic hydroxyl groups is 2. The summed E-state index contributed by atoms with van der Waals surface area (Å²) in [5.41, 5.74) is 1.12. The van der Waals surface area contributed by atoms with Crippen LogP contribution in [0.5, 0.6) is 17.2 Å². The van der Waals surface area contributed by atoms with Crippen molar-refractivity contribution < 1.29 is 39.2 Å². The fraction of sp³-hybridized carbons (Fsp3) is 0.280. The number of amides is 2.